The third kappa shape index (κ3) is 2.88. The zero-order chi connectivity index (χ0) is 13.1. The Morgan fingerprint density at radius 2 is 2.11 bits per heavy atom. The molecule has 1 aromatic rings. The fourth-order valence-electron chi connectivity index (χ4n) is 1.85. The molecular formula is C14H18N2O2. The Balaban J connectivity index is 2.02. The zero-order valence-electron chi connectivity index (χ0n) is 10.9. The lowest BCUT2D eigenvalue weighted by atomic mass is 10.1. The van der Waals surface area contributed by atoms with Crippen LogP contribution >= 0.6 is 0 Å². The maximum Gasteiger partial charge on any atom is 0.298 e. The lowest BCUT2D eigenvalue weighted by Crippen LogP contribution is -2.22. The summed E-state index contributed by atoms with van der Waals surface area (Å²) < 4.78 is 5.53. The molecule has 0 aromatic heterocycles. The molecule has 1 unspecified atom stereocenters. The SMILES string of the molecule is Cc1ccccc1NC1=NC(=O)C(CC(C)C)O1. The molecule has 1 aliphatic heterocycles. The first kappa shape index (κ1) is 12.6. The standard InChI is InChI=1S/C14H18N2O2/c1-9(2)8-12-13(17)16-14(18-12)15-11-7-5-4-6-10(11)3/h4-7,9,12H,8H2,1-3H3,(H,15,16,17). The predicted octanol–water partition coefficient (Wildman–Crippen LogP) is 2.73. The lowest BCUT2D eigenvalue weighted by Gasteiger charge is -2.13. The number of nitrogens with zero attached hydrogens (tertiary/aromatic N) is 1. The van der Waals surface area contributed by atoms with Gasteiger partial charge in [-0.05, 0) is 30.9 Å². The van der Waals surface area contributed by atoms with Crippen LogP contribution in [0.15, 0.2) is 29.3 Å². The number of nitrogens with one attached hydrogen (secondary N) is 1. The van der Waals surface area contributed by atoms with Gasteiger partial charge in [-0.15, -0.1) is 0 Å². The summed E-state index contributed by atoms with van der Waals surface area (Å²) in [5, 5.41) is 3.05. The second kappa shape index (κ2) is 5.21. The molecule has 4 heteroatoms. The van der Waals surface area contributed by atoms with Crippen LogP contribution in [0.2, 0.25) is 0 Å². The number of anilines is 1. The molecule has 18 heavy (non-hydrogen) atoms. The Morgan fingerprint density at radius 1 is 1.39 bits per heavy atom. The fraction of sp³-hybridized carbons (Fsp3) is 0.429. The van der Waals surface area contributed by atoms with Gasteiger partial charge < -0.3 is 10.1 Å². The predicted molar refractivity (Wildman–Crippen MR) is 71.6 cm³/mol. The molecule has 0 radical (unpaired) electrons. The number of ether oxygens (including phenoxy) is 1. The number of benzene rings is 1. The molecule has 0 spiro atoms. The van der Waals surface area contributed by atoms with Crippen LogP contribution in [0.3, 0.4) is 0 Å². The third-order valence-electron chi connectivity index (χ3n) is 2.81. The molecule has 1 amide bonds. The van der Waals surface area contributed by atoms with Gasteiger partial charge in [0.2, 0.25) is 0 Å². The summed E-state index contributed by atoms with van der Waals surface area (Å²) in [4.78, 5) is 15.5. The molecule has 1 aliphatic rings. The lowest BCUT2D eigenvalue weighted by molar-refractivity contribution is -0.123. The van der Waals surface area contributed by atoms with Crippen molar-refractivity contribution in [2.45, 2.75) is 33.3 Å². The van der Waals surface area contributed by atoms with Crippen molar-refractivity contribution in [1.82, 2.24) is 0 Å². The highest BCUT2D eigenvalue weighted by Crippen LogP contribution is 2.19. The molecule has 1 aromatic carbocycles. The highest BCUT2D eigenvalue weighted by molar-refractivity contribution is 6.04. The Morgan fingerprint density at radius 3 is 2.78 bits per heavy atom. The Bertz CT molecular complexity index is 480. The number of amidine groups is 1. The normalized spacial score (nSPS) is 18.8. The number of amides is 1. The van der Waals surface area contributed by atoms with Crippen molar-refractivity contribution in [3.8, 4) is 0 Å². The fourth-order valence-corrected chi connectivity index (χ4v) is 1.85. The van der Waals surface area contributed by atoms with E-state index in [1.807, 2.05) is 31.2 Å². The summed E-state index contributed by atoms with van der Waals surface area (Å²) in [5.74, 6) is 0.215. The van der Waals surface area contributed by atoms with Crippen molar-refractivity contribution in [1.29, 1.82) is 0 Å². The Kier molecular flexibility index (Phi) is 3.65. The van der Waals surface area contributed by atoms with Gasteiger partial charge in [0.15, 0.2) is 6.10 Å². The van der Waals surface area contributed by atoms with Crippen LogP contribution in [0.5, 0.6) is 0 Å². The molecule has 1 heterocycles. The largest absolute Gasteiger partial charge is 0.451 e. The maximum atomic E-state index is 11.6. The zero-order valence-corrected chi connectivity index (χ0v) is 10.9. The topological polar surface area (TPSA) is 50.7 Å². The van der Waals surface area contributed by atoms with E-state index >= 15 is 0 Å². The van der Waals surface area contributed by atoms with Crippen LogP contribution in [-0.2, 0) is 9.53 Å². The number of hydrogen-bond donors (Lipinski definition) is 1. The summed E-state index contributed by atoms with van der Waals surface area (Å²) in [6.07, 6.45) is 0.262. The number of aliphatic imine (C=N–C) groups is 1. The van der Waals surface area contributed by atoms with E-state index in [-0.39, 0.29) is 5.91 Å². The number of rotatable bonds is 3. The first-order valence-corrected chi connectivity index (χ1v) is 6.18. The molecule has 0 saturated carbocycles. The minimum absolute atomic E-state index is 0.195. The smallest absolute Gasteiger partial charge is 0.298 e. The van der Waals surface area contributed by atoms with E-state index in [1.165, 1.54) is 0 Å². The monoisotopic (exact) mass is 246 g/mol. The van der Waals surface area contributed by atoms with E-state index in [4.69, 9.17) is 4.74 Å². The van der Waals surface area contributed by atoms with Crippen LogP contribution in [0.4, 0.5) is 5.69 Å². The van der Waals surface area contributed by atoms with Gasteiger partial charge in [-0.25, -0.2) is 0 Å². The molecule has 1 atom stereocenters. The van der Waals surface area contributed by atoms with Crippen molar-refractivity contribution in [2.24, 2.45) is 10.9 Å². The van der Waals surface area contributed by atoms with E-state index < -0.39 is 6.10 Å². The van der Waals surface area contributed by atoms with Gasteiger partial charge >= 0.3 is 0 Å². The number of hydrogen-bond acceptors (Lipinski definition) is 3. The van der Waals surface area contributed by atoms with Gasteiger partial charge in [-0.2, -0.15) is 4.99 Å². The Hall–Kier alpha value is -1.84. The average molecular weight is 246 g/mol. The molecule has 0 saturated heterocycles. The first-order valence-electron chi connectivity index (χ1n) is 6.18. The highest BCUT2D eigenvalue weighted by Gasteiger charge is 2.29. The number of aryl methyl sites for hydroxylation is 1. The molecular weight excluding hydrogens is 228 g/mol. The third-order valence-corrected chi connectivity index (χ3v) is 2.81. The van der Waals surface area contributed by atoms with E-state index in [9.17, 15) is 4.79 Å². The van der Waals surface area contributed by atoms with E-state index in [0.717, 1.165) is 11.3 Å². The van der Waals surface area contributed by atoms with Crippen molar-refractivity contribution >= 4 is 17.6 Å². The van der Waals surface area contributed by atoms with Crippen molar-refractivity contribution in [3.05, 3.63) is 29.8 Å². The van der Waals surface area contributed by atoms with Gasteiger partial charge in [0.1, 0.15) is 0 Å². The van der Waals surface area contributed by atoms with Crippen molar-refractivity contribution in [2.75, 3.05) is 5.32 Å². The molecule has 96 valence electrons. The molecule has 0 fully saturated rings. The van der Waals surface area contributed by atoms with Crippen molar-refractivity contribution in [3.63, 3.8) is 0 Å². The van der Waals surface area contributed by atoms with E-state index in [2.05, 4.69) is 24.2 Å². The number of carbonyl (C=O) groups is 1. The van der Waals surface area contributed by atoms with Crippen LogP contribution in [0, 0.1) is 12.8 Å². The molecule has 4 nitrogen and oxygen atoms in total. The van der Waals surface area contributed by atoms with Crippen LogP contribution < -0.4 is 5.32 Å². The quantitative estimate of drug-likeness (QED) is 0.892. The highest BCUT2D eigenvalue weighted by atomic mass is 16.5. The average Bonchev–Trinajstić information content (AvgIpc) is 2.62. The second-order valence-corrected chi connectivity index (χ2v) is 4.93. The molecule has 0 aliphatic carbocycles. The first-order chi connectivity index (χ1) is 8.56. The molecule has 0 bridgehead atoms. The van der Waals surface area contributed by atoms with E-state index in [1.54, 1.807) is 0 Å². The van der Waals surface area contributed by atoms with Gasteiger partial charge in [0.05, 0.1) is 0 Å². The van der Waals surface area contributed by atoms with Gasteiger partial charge in [-0.1, -0.05) is 32.0 Å². The molecule has 1 N–H and O–H groups in total. The minimum atomic E-state index is -0.434. The van der Waals surface area contributed by atoms with E-state index in [0.29, 0.717) is 18.4 Å². The van der Waals surface area contributed by atoms with Gasteiger partial charge in [0.25, 0.3) is 11.9 Å². The van der Waals surface area contributed by atoms with Crippen molar-refractivity contribution < 1.29 is 9.53 Å². The summed E-state index contributed by atoms with van der Waals surface area (Å²) in [5.41, 5.74) is 2.00. The van der Waals surface area contributed by atoms with Crippen LogP contribution in [-0.4, -0.2) is 18.0 Å². The number of para-hydroxylation sites is 1. The summed E-state index contributed by atoms with van der Waals surface area (Å²) in [6, 6.07) is 8.12. The van der Waals surface area contributed by atoms with Gasteiger partial charge in [0, 0.05) is 5.69 Å². The minimum Gasteiger partial charge on any atom is -0.451 e. The van der Waals surface area contributed by atoms with Crippen LogP contribution in [0.25, 0.3) is 0 Å². The van der Waals surface area contributed by atoms with Crippen LogP contribution in [0.1, 0.15) is 25.8 Å². The number of carbonyl (C=O) groups excluding carboxylic acids is 1. The Labute approximate surface area is 107 Å². The molecule has 2 rings (SSSR count). The summed E-state index contributed by atoms with van der Waals surface area (Å²) >= 11 is 0. The maximum absolute atomic E-state index is 11.6. The van der Waals surface area contributed by atoms with Gasteiger partial charge in [-0.3, -0.25) is 4.79 Å². The second-order valence-electron chi connectivity index (χ2n) is 4.93. The summed E-state index contributed by atoms with van der Waals surface area (Å²) in [6.45, 7) is 6.11. The summed E-state index contributed by atoms with van der Waals surface area (Å²) in [7, 11) is 0.